The van der Waals surface area contributed by atoms with Gasteiger partial charge in [0.1, 0.15) is 12.6 Å². The Kier molecular flexibility index (Phi) is 8.46. The Bertz CT molecular complexity index is 1190. The topological polar surface area (TPSA) is 128 Å². The van der Waals surface area contributed by atoms with Gasteiger partial charge in [0.05, 0.1) is 18.5 Å². The zero-order valence-electron chi connectivity index (χ0n) is 20.3. The highest BCUT2D eigenvalue weighted by Crippen LogP contribution is 2.33. The van der Waals surface area contributed by atoms with Crippen LogP contribution in [-0.2, 0) is 20.9 Å². The average molecular weight is 490 g/mol. The molecule has 9 heteroatoms. The van der Waals surface area contributed by atoms with Crippen LogP contribution in [0.2, 0.25) is 0 Å². The van der Waals surface area contributed by atoms with E-state index in [1.165, 1.54) is 7.11 Å². The molecule has 0 aliphatic carbocycles. The lowest BCUT2D eigenvalue weighted by molar-refractivity contribution is -0.146. The third-order valence-corrected chi connectivity index (χ3v) is 6.13. The molecule has 0 fully saturated rings. The molecule has 0 spiro atoms. The predicted octanol–water partition coefficient (Wildman–Crippen LogP) is 4.81. The lowest BCUT2D eigenvalue weighted by Gasteiger charge is -2.21. The van der Waals surface area contributed by atoms with Gasteiger partial charge >= 0.3 is 12.1 Å². The van der Waals surface area contributed by atoms with Gasteiger partial charge < -0.3 is 20.5 Å². The van der Waals surface area contributed by atoms with Crippen LogP contribution >= 0.6 is 0 Å². The number of fused-ring (bicyclic) bond motifs is 4. The summed E-state index contributed by atoms with van der Waals surface area (Å²) in [5.74, 6) is -0.361. The Labute approximate surface area is 210 Å². The number of hydrogen-bond acceptors (Lipinski definition) is 8. The van der Waals surface area contributed by atoms with Crippen LogP contribution in [0.3, 0.4) is 0 Å². The van der Waals surface area contributed by atoms with Crippen molar-refractivity contribution in [3.8, 4) is 11.1 Å². The van der Waals surface area contributed by atoms with E-state index in [0.717, 1.165) is 42.5 Å². The normalized spacial score (nSPS) is 17.7. The summed E-state index contributed by atoms with van der Waals surface area (Å²) in [5, 5.41) is 6.07. The number of aromatic nitrogens is 2. The SMILES string of the molecule is COC(=O)Nc1ccc2c(c1)N[C@@H](C(=O)OCc1ccccn1)CCCCC[C@H](N)c1cc-2ccn1. The molecule has 0 unspecified atom stereocenters. The molecule has 0 saturated heterocycles. The summed E-state index contributed by atoms with van der Waals surface area (Å²) in [6.45, 7) is 0.0945. The number of nitrogens with two attached hydrogens (primary N) is 1. The fourth-order valence-corrected chi connectivity index (χ4v) is 4.18. The summed E-state index contributed by atoms with van der Waals surface area (Å²) in [4.78, 5) is 33.7. The summed E-state index contributed by atoms with van der Waals surface area (Å²) in [5.41, 5.74) is 10.9. The summed E-state index contributed by atoms with van der Waals surface area (Å²) in [6.07, 6.45) is 6.91. The number of rotatable bonds is 4. The van der Waals surface area contributed by atoms with Crippen LogP contribution in [0.25, 0.3) is 11.1 Å². The highest BCUT2D eigenvalue weighted by atomic mass is 16.5. The molecule has 2 aromatic heterocycles. The van der Waals surface area contributed by atoms with Gasteiger partial charge in [-0.3, -0.25) is 15.3 Å². The van der Waals surface area contributed by atoms with Crippen LogP contribution in [0.15, 0.2) is 60.9 Å². The minimum Gasteiger partial charge on any atom is -0.458 e. The lowest BCUT2D eigenvalue weighted by Crippen LogP contribution is -2.31. The van der Waals surface area contributed by atoms with Gasteiger partial charge in [0.2, 0.25) is 0 Å². The molecule has 2 bridgehead atoms. The van der Waals surface area contributed by atoms with Gasteiger partial charge in [-0.25, -0.2) is 9.59 Å². The van der Waals surface area contributed by atoms with Crippen LogP contribution in [0.5, 0.6) is 0 Å². The zero-order chi connectivity index (χ0) is 25.3. The number of nitrogens with zero attached hydrogens (tertiary/aromatic N) is 2. The van der Waals surface area contributed by atoms with E-state index in [-0.39, 0.29) is 18.6 Å². The third-order valence-electron chi connectivity index (χ3n) is 6.13. The number of anilines is 2. The van der Waals surface area contributed by atoms with Gasteiger partial charge in [-0.2, -0.15) is 0 Å². The minimum atomic E-state index is -0.587. The Hall–Kier alpha value is -3.98. The Morgan fingerprint density at radius 3 is 2.72 bits per heavy atom. The van der Waals surface area contributed by atoms with Crippen LogP contribution in [0.4, 0.5) is 16.2 Å². The second-order valence-electron chi connectivity index (χ2n) is 8.72. The van der Waals surface area contributed by atoms with Crippen molar-refractivity contribution in [3.63, 3.8) is 0 Å². The molecule has 1 amide bonds. The second kappa shape index (κ2) is 12.1. The first kappa shape index (κ1) is 25.1. The second-order valence-corrected chi connectivity index (χ2v) is 8.72. The van der Waals surface area contributed by atoms with Gasteiger partial charge in [-0.15, -0.1) is 0 Å². The van der Waals surface area contributed by atoms with Crippen LogP contribution < -0.4 is 16.4 Å². The van der Waals surface area contributed by atoms with E-state index in [9.17, 15) is 9.59 Å². The van der Waals surface area contributed by atoms with E-state index in [4.69, 9.17) is 15.2 Å². The van der Waals surface area contributed by atoms with E-state index in [2.05, 4.69) is 20.6 Å². The molecule has 1 aliphatic rings. The van der Waals surface area contributed by atoms with Crippen LogP contribution in [0.1, 0.15) is 49.5 Å². The highest BCUT2D eigenvalue weighted by Gasteiger charge is 2.23. The molecule has 36 heavy (non-hydrogen) atoms. The maximum atomic E-state index is 13.2. The van der Waals surface area contributed by atoms with Crippen molar-refractivity contribution in [2.24, 2.45) is 5.73 Å². The third kappa shape index (κ3) is 6.57. The quantitative estimate of drug-likeness (QED) is 0.446. The van der Waals surface area contributed by atoms with E-state index >= 15 is 0 Å². The standard InChI is InChI=1S/C27H31N5O4/c1-35-27(34)31-19-10-11-21-18-12-14-30-25(15-18)22(28)8-3-2-4-9-23(32-24(21)16-19)26(33)36-17-20-7-5-6-13-29-20/h5-7,10-16,22-23,32H,2-4,8-9,17,28H2,1H3,(H,31,34)/t22-,23+/m0/s1. The average Bonchev–Trinajstić information content (AvgIpc) is 2.91. The van der Waals surface area contributed by atoms with Crippen molar-refractivity contribution in [2.45, 2.75) is 50.8 Å². The molecule has 188 valence electrons. The highest BCUT2D eigenvalue weighted by molar-refractivity contribution is 5.90. The van der Waals surface area contributed by atoms with Crippen molar-refractivity contribution < 1.29 is 19.1 Å². The van der Waals surface area contributed by atoms with Gasteiger partial charge in [-0.05, 0) is 54.8 Å². The van der Waals surface area contributed by atoms with E-state index in [1.807, 2.05) is 36.4 Å². The first-order valence-corrected chi connectivity index (χ1v) is 12.1. The first-order chi connectivity index (χ1) is 17.5. The van der Waals surface area contributed by atoms with Gasteiger partial charge in [0.25, 0.3) is 0 Å². The number of ether oxygens (including phenoxy) is 2. The molecule has 3 aromatic rings. The monoisotopic (exact) mass is 489 g/mol. The molecular formula is C27H31N5O4. The number of pyridine rings is 2. The largest absolute Gasteiger partial charge is 0.458 e. The number of esters is 1. The number of nitrogens with one attached hydrogen (secondary N) is 2. The number of amides is 1. The molecule has 9 nitrogen and oxygen atoms in total. The van der Waals surface area contributed by atoms with E-state index in [0.29, 0.717) is 23.5 Å². The van der Waals surface area contributed by atoms with Gasteiger partial charge in [0.15, 0.2) is 0 Å². The van der Waals surface area contributed by atoms with Crippen LogP contribution in [-0.4, -0.2) is 35.2 Å². The summed E-state index contributed by atoms with van der Waals surface area (Å²) < 4.78 is 10.4. The van der Waals surface area contributed by atoms with Crippen molar-refractivity contribution in [3.05, 3.63) is 72.3 Å². The predicted molar refractivity (Wildman–Crippen MR) is 137 cm³/mol. The van der Waals surface area contributed by atoms with E-state index in [1.54, 1.807) is 24.5 Å². The number of hydrogen-bond donors (Lipinski definition) is 3. The molecule has 2 atom stereocenters. The fourth-order valence-electron chi connectivity index (χ4n) is 4.18. The maximum Gasteiger partial charge on any atom is 0.411 e. The number of benzene rings is 1. The molecule has 4 N–H and O–H groups in total. The lowest BCUT2D eigenvalue weighted by atomic mass is 10.00. The first-order valence-electron chi connectivity index (χ1n) is 12.1. The fraction of sp³-hybridized carbons (Fsp3) is 0.333. The smallest absolute Gasteiger partial charge is 0.411 e. The summed E-state index contributed by atoms with van der Waals surface area (Å²) >= 11 is 0. The van der Waals surface area contributed by atoms with Gasteiger partial charge in [0, 0.05) is 35.4 Å². The minimum absolute atomic E-state index is 0.0945. The zero-order valence-corrected chi connectivity index (χ0v) is 20.3. The molecular weight excluding hydrogens is 458 g/mol. The Balaban J connectivity index is 1.67. The maximum absolute atomic E-state index is 13.2. The number of methoxy groups -OCH3 is 1. The molecule has 4 rings (SSSR count). The summed E-state index contributed by atoms with van der Waals surface area (Å²) in [7, 11) is 1.31. The molecule has 1 aliphatic heterocycles. The Morgan fingerprint density at radius 2 is 1.92 bits per heavy atom. The van der Waals surface area contributed by atoms with Crippen molar-refractivity contribution in [2.75, 3.05) is 17.7 Å². The molecule has 3 heterocycles. The number of carbonyl (C=O) groups excluding carboxylic acids is 2. The number of carbonyl (C=O) groups is 2. The van der Waals surface area contributed by atoms with E-state index < -0.39 is 12.1 Å². The summed E-state index contributed by atoms with van der Waals surface area (Å²) in [6, 6.07) is 14.1. The van der Waals surface area contributed by atoms with Crippen molar-refractivity contribution in [1.29, 1.82) is 0 Å². The van der Waals surface area contributed by atoms with Crippen molar-refractivity contribution >= 4 is 23.4 Å². The van der Waals surface area contributed by atoms with Gasteiger partial charge in [-0.1, -0.05) is 31.4 Å². The molecule has 1 aromatic carbocycles. The Morgan fingerprint density at radius 1 is 1.06 bits per heavy atom. The molecule has 0 radical (unpaired) electrons. The van der Waals surface area contributed by atoms with Crippen LogP contribution in [0, 0.1) is 0 Å². The van der Waals surface area contributed by atoms with Crippen molar-refractivity contribution in [1.82, 2.24) is 9.97 Å². The molecule has 0 saturated carbocycles.